The number of thioether (sulfide) groups is 1. The summed E-state index contributed by atoms with van der Waals surface area (Å²) < 4.78 is 20.9. The van der Waals surface area contributed by atoms with Crippen LogP contribution >= 0.6 is 11.8 Å². The summed E-state index contributed by atoms with van der Waals surface area (Å²) in [6.45, 7) is 6.51. The molecule has 2 aromatic carbocycles. The smallest absolute Gasteiger partial charge is 0.283 e. The zero-order valence-corrected chi connectivity index (χ0v) is 20.2. The fourth-order valence-corrected chi connectivity index (χ4v) is 4.94. The van der Waals surface area contributed by atoms with Gasteiger partial charge in [-0.25, -0.2) is 4.39 Å². The van der Waals surface area contributed by atoms with Crippen LogP contribution in [0.25, 0.3) is 11.8 Å². The molecule has 2 aliphatic rings. The first kappa shape index (κ1) is 22.8. The Bertz CT molecular complexity index is 1440. The highest BCUT2D eigenvalue weighted by Gasteiger charge is 2.36. The molecular weight excluding hydrogens is 465 g/mol. The standard InChI is InChI=1S/C26H22FN5O2S/c1-4-34-21-11-9-20(10-12-21)31-15(2)13-18(16(31)3)14-22-23(28)32-26(29-24(22)33)35-25(30-32)17-5-7-19(27)8-6-17/h5-14,28H,4H2,1-3H3. The van der Waals surface area contributed by atoms with Crippen LogP contribution in [0.5, 0.6) is 5.75 Å². The van der Waals surface area contributed by atoms with E-state index in [0.717, 1.165) is 28.4 Å². The van der Waals surface area contributed by atoms with Gasteiger partial charge in [-0.1, -0.05) is 0 Å². The topological polar surface area (TPSA) is 83.0 Å². The molecule has 1 aromatic heterocycles. The van der Waals surface area contributed by atoms with Crippen molar-refractivity contribution in [1.82, 2.24) is 9.58 Å². The summed E-state index contributed by atoms with van der Waals surface area (Å²) in [5, 5.41) is 15.3. The molecule has 5 rings (SSSR count). The van der Waals surface area contributed by atoms with E-state index in [1.807, 2.05) is 51.1 Å². The number of benzene rings is 2. The molecular formula is C26H22FN5O2S. The minimum Gasteiger partial charge on any atom is -0.494 e. The highest BCUT2D eigenvalue weighted by Crippen LogP contribution is 2.32. The number of carbonyl (C=O) groups excluding carboxylic acids is 1. The molecule has 0 fully saturated rings. The number of amidine groups is 2. The number of amides is 1. The van der Waals surface area contributed by atoms with Gasteiger partial charge in [0.25, 0.3) is 5.91 Å². The van der Waals surface area contributed by atoms with E-state index >= 15 is 0 Å². The van der Waals surface area contributed by atoms with E-state index in [0.29, 0.717) is 22.4 Å². The molecule has 7 nitrogen and oxygen atoms in total. The van der Waals surface area contributed by atoms with Gasteiger partial charge in [-0.3, -0.25) is 10.2 Å². The number of aliphatic imine (C=N–C) groups is 1. The second-order valence-corrected chi connectivity index (χ2v) is 8.98. The Kier molecular flexibility index (Phi) is 5.86. The zero-order valence-electron chi connectivity index (χ0n) is 19.4. The highest BCUT2D eigenvalue weighted by molar-refractivity contribution is 8.27. The number of hydrogen-bond acceptors (Lipinski definition) is 5. The van der Waals surface area contributed by atoms with Crippen LogP contribution < -0.4 is 4.74 Å². The van der Waals surface area contributed by atoms with E-state index in [2.05, 4.69) is 14.7 Å². The summed E-state index contributed by atoms with van der Waals surface area (Å²) in [5.41, 5.74) is 4.57. The number of hydrazone groups is 1. The van der Waals surface area contributed by atoms with Crippen molar-refractivity contribution in [3.63, 3.8) is 0 Å². The number of aryl methyl sites for hydroxylation is 1. The summed E-state index contributed by atoms with van der Waals surface area (Å²) in [6.07, 6.45) is 1.69. The van der Waals surface area contributed by atoms with E-state index in [1.165, 1.54) is 28.9 Å². The molecule has 1 amide bonds. The summed E-state index contributed by atoms with van der Waals surface area (Å²) in [5.74, 6) is -0.0749. The maximum atomic E-state index is 13.3. The van der Waals surface area contributed by atoms with Crippen LogP contribution in [-0.2, 0) is 4.79 Å². The van der Waals surface area contributed by atoms with Crippen molar-refractivity contribution in [3.8, 4) is 11.4 Å². The van der Waals surface area contributed by atoms with Crippen molar-refractivity contribution in [3.05, 3.63) is 88.5 Å². The lowest BCUT2D eigenvalue weighted by molar-refractivity contribution is -0.114. The Labute approximate surface area is 206 Å². The molecule has 0 radical (unpaired) electrons. The van der Waals surface area contributed by atoms with Gasteiger partial charge in [0, 0.05) is 22.6 Å². The summed E-state index contributed by atoms with van der Waals surface area (Å²) in [4.78, 5) is 17.0. The molecule has 0 saturated heterocycles. The number of rotatable bonds is 5. The van der Waals surface area contributed by atoms with Crippen molar-refractivity contribution in [2.45, 2.75) is 20.8 Å². The van der Waals surface area contributed by atoms with Crippen molar-refractivity contribution < 1.29 is 13.9 Å². The number of fused-ring (bicyclic) bond motifs is 1. The number of halogens is 1. The molecule has 176 valence electrons. The first-order chi connectivity index (χ1) is 16.9. The van der Waals surface area contributed by atoms with E-state index in [1.54, 1.807) is 18.2 Å². The number of ether oxygens (including phenoxy) is 1. The lowest BCUT2D eigenvalue weighted by Gasteiger charge is -2.20. The van der Waals surface area contributed by atoms with Crippen LogP contribution in [0.15, 0.2) is 70.3 Å². The van der Waals surface area contributed by atoms with Crippen LogP contribution in [0.3, 0.4) is 0 Å². The molecule has 0 aliphatic carbocycles. The highest BCUT2D eigenvalue weighted by atomic mass is 32.2. The van der Waals surface area contributed by atoms with Gasteiger partial charge >= 0.3 is 0 Å². The minimum absolute atomic E-state index is 0.0458. The maximum Gasteiger partial charge on any atom is 0.283 e. The number of nitrogens with one attached hydrogen (secondary N) is 1. The quantitative estimate of drug-likeness (QED) is 0.495. The summed E-state index contributed by atoms with van der Waals surface area (Å²) >= 11 is 1.18. The Balaban J connectivity index is 1.47. The molecule has 2 aliphatic heterocycles. The van der Waals surface area contributed by atoms with Crippen LogP contribution in [0, 0.1) is 25.1 Å². The molecule has 3 heterocycles. The third-order valence-corrected chi connectivity index (χ3v) is 6.68. The first-order valence-electron chi connectivity index (χ1n) is 11.0. The van der Waals surface area contributed by atoms with Gasteiger partial charge in [-0.05, 0) is 98.8 Å². The molecule has 3 aromatic rings. The van der Waals surface area contributed by atoms with Crippen molar-refractivity contribution in [2.24, 2.45) is 10.1 Å². The van der Waals surface area contributed by atoms with Crippen molar-refractivity contribution >= 4 is 39.8 Å². The van der Waals surface area contributed by atoms with Crippen molar-refractivity contribution in [2.75, 3.05) is 6.61 Å². The Hall–Kier alpha value is -3.98. The third-order valence-electron chi connectivity index (χ3n) is 5.72. The molecule has 0 saturated carbocycles. The van der Waals surface area contributed by atoms with E-state index in [-0.39, 0.29) is 17.2 Å². The van der Waals surface area contributed by atoms with E-state index in [4.69, 9.17) is 10.1 Å². The largest absolute Gasteiger partial charge is 0.494 e. The molecule has 0 bridgehead atoms. The molecule has 35 heavy (non-hydrogen) atoms. The second kappa shape index (κ2) is 8.99. The average molecular weight is 488 g/mol. The predicted octanol–water partition coefficient (Wildman–Crippen LogP) is 5.30. The van der Waals surface area contributed by atoms with Crippen molar-refractivity contribution in [1.29, 1.82) is 5.41 Å². The fourth-order valence-electron chi connectivity index (χ4n) is 4.05. The number of aromatic nitrogens is 1. The van der Waals surface area contributed by atoms with Gasteiger partial charge in [-0.15, -0.1) is 0 Å². The van der Waals surface area contributed by atoms with Crippen LogP contribution in [0.2, 0.25) is 0 Å². The van der Waals surface area contributed by atoms with Gasteiger partial charge < -0.3 is 9.30 Å². The zero-order chi connectivity index (χ0) is 24.7. The molecule has 9 heteroatoms. The average Bonchev–Trinajstić information content (AvgIpc) is 3.38. The van der Waals surface area contributed by atoms with Gasteiger partial charge in [0.2, 0.25) is 5.17 Å². The number of nitrogens with zero attached hydrogens (tertiary/aromatic N) is 4. The minimum atomic E-state index is -0.491. The van der Waals surface area contributed by atoms with Crippen LogP contribution in [0.1, 0.15) is 29.4 Å². The lowest BCUT2D eigenvalue weighted by atomic mass is 10.1. The maximum absolute atomic E-state index is 13.3. The van der Waals surface area contributed by atoms with Crippen LogP contribution in [0.4, 0.5) is 4.39 Å². The van der Waals surface area contributed by atoms with E-state index < -0.39 is 5.91 Å². The summed E-state index contributed by atoms with van der Waals surface area (Å²) in [6, 6.07) is 15.7. The molecule has 0 spiro atoms. The lowest BCUT2D eigenvalue weighted by Crippen LogP contribution is -2.35. The van der Waals surface area contributed by atoms with Crippen LogP contribution in [-0.4, -0.2) is 38.1 Å². The van der Waals surface area contributed by atoms with E-state index in [9.17, 15) is 9.18 Å². The molecule has 1 N–H and O–H groups in total. The monoisotopic (exact) mass is 487 g/mol. The summed E-state index contributed by atoms with van der Waals surface area (Å²) in [7, 11) is 0. The van der Waals surface area contributed by atoms with Gasteiger partial charge in [0.15, 0.2) is 5.84 Å². The molecule has 0 unspecified atom stereocenters. The normalized spacial score (nSPS) is 16.5. The first-order valence-corrected chi connectivity index (χ1v) is 11.9. The Morgan fingerprint density at radius 2 is 1.83 bits per heavy atom. The SMILES string of the molecule is CCOc1ccc(-n2c(C)cc(C=C3C(=N)N4N=C(c5ccc(F)cc5)SC4=NC3=O)c2C)cc1. The van der Waals surface area contributed by atoms with Gasteiger partial charge in [0.05, 0.1) is 12.2 Å². The number of carbonyl (C=O) groups is 1. The second-order valence-electron chi connectivity index (χ2n) is 8.02. The molecule has 0 atom stereocenters. The van der Waals surface area contributed by atoms with Gasteiger partial charge in [0.1, 0.15) is 16.6 Å². The number of hydrogen-bond donors (Lipinski definition) is 1. The Morgan fingerprint density at radius 1 is 1.11 bits per heavy atom. The van der Waals surface area contributed by atoms with Gasteiger partial charge in [-0.2, -0.15) is 15.1 Å². The predicted molar refractivity (Wildman–Crippen MR) is 137 cm³/mol. The Morgan fingerprint density at radius 3 is 2.51 bits per heavy atom. The third kappa shape index (κ3) is 4.19. The fraction of sp³-hybridized carbons (Fsp3) is 0.154.